The van der Waals surface area contributed by atoms with Gasteiger partial charge in [0.15, 0.2) is 0 Å². The smallest absolute Gasteiger partial charge is 0.407 e. The molecule has 0 saturated heterocycles. The van der Waals surface area contributed by atoms with Crippen LogP contribution in [0.1, 0.15) is 45.9 Å². The summed E-state index contributed by atoms with van der Waals surface area (Å²) in [5.41, 5.74) is 1.22. The zero-order chi connectivity index (χ0) is 23.6. The van der Waals surface area contributed by atoms with Crippen molar-refractivity contribution in [3.8, 4) is 5.75 Å². The highest BCUT2D eigenvalue weighted by Gasteiger charge is 2.25. The van der Waals surface area contributed by atoms with Gasteiger partial charge in [-0.15, -0.1) is 0 Å². The van der Waals surface area contributed by atoms with E-state index < -0.39 is 23.8 Å². The van der Waals surface area contributed by atoms with Gasteiger partial charge in [0.2, 0.25) is 0 Å². The Morgan fingerprint density at radius 2 is 1.81 bits per heavy atom. The van der Waals surface area contributed by atoms with Crippen molar-refractivity contribution in [3.05, 3.63) is 59.9 Å². The summed E-state index contributed by atoms with van der Waals surface area (Å²) in [7, 11) is 0. The van der Waals surface area contributed by atoms with Crippen molar-refractivity contribution in [1.82, 2.24) is 15.6 Å². The molecule has 0 aliphatic rings. The summed E-state index contributed by atoms with van der Waals surface area (Å²) in [5.74, 6) is 1.20. The summed E-state index contributed by atoms with van der Waals surface area (Å²) < 4.78 is 11.2. The Morgan fingerprint density at radius 3 is 2.41 bits per heavy atom. The lowest BCUT2D eigenvalue weighted by Crippen LogP contribution is -2.50. The molecule has 0 fully saturated rings. The first-order valence-corrected chi connectivity index (χ1v) is 11.1. The van der Waals surface area contributed by atoms with Gasteiger partial charge in [-0.1, -0.05) is 32.0 Å². The van der Waals surface area contributed by atoms with Crippen LogP contribution in [0.15, 0.2) is 48.7 Å². The van der Waals surface area contributed by atoms with Crippen LogP contribution in [-0.4, -0.2) is 47.0 Å². The first-order valence-electron chi connectivity index (χ1n) is 11.1. The second-order valence-corrected chi connectivity index (χ2v) is 9.33. The predicted molar refractivity (Wildman–Crippen MR) is 126 cm³/mol. The molecule has 0 radical (unpaired) electrons. The summed E-state index contributed by atoms with van der Waals surface area (Å²) in [6.45, 7) is 11.2. The number of rotatable bonds is 11. The molecule has 7 heteroatoms. The van der Waals surface area contributed by atoms with E-state index in [1.165, 1.54) is 0 Å². The number of nitrogens with zero attached hydrogens (tertiary/aromatic N) is 1. The number of aliphatic hydroxyl groups is 1. The molecule has 0 saturated carbocycles. The molecule has 2 rings (SSSR count). The maximum absolute atomic E-state index is 12.3. The van der Waals surface area contributed by atoms with E-state index in [1.54, 1.807) is 6.20 Å². The highest BCUT2D eigenvalue weighted by atomic mass is 16.6. The largest absolute Gasteiger partial charge is 0.487 e. The molecular formula is C25H37N3O4. The van der Waals surface area contributed by atoms with Gasteiger partial charge < -0.3 is 25.2 Å². The van der Waals surface area contributed by atoms with Crippen molar-refractivity contribution in [3.63, 3.8) is 0 Å². The number of hydrogen-bond donors (Lipinski definition) is 3. The second kappa shape index (κ2) is 12.4. The minimum Gasteiger partial charge on any atom is -0.487 e. The molecule has 0 aliphatic carbocycles. The van der Waals surface area contributed by atoms with Gasteiger partial charge >= 0.3 is 6.09 Å². The van der Waals surface area contributed by atoms with Crippen molar-refractivity contribution in [2.24, 2.45) is 5.92 Å². The van der Waals surface area contributed by atoms with Crippen LogP contribution >= 0.6 is 0 Å². The molecule has 7 nitrogen and oxygen atoms in total. The summed E-state index contributed by atoms with van der Waals surface area (Å²) in [6.07, 6.45) is 0.896. The van der Waals surface area contributed by atoms with E-state index in [-0.39, 0.29) is 0 Å². The monoisotopic (exact) mass is 443 g/mol. The Morgan fingerprint density at radius 1 is 1.09 bits per heavy atom. The highest BCUT2D eigenvalue weighted by molar-refractivity contribution is 5.68. The second-order valence-electron chi connectivity index (χ2n) is 9.33. The molecule has 0 aliphatic heterocycles. The van der Waals surface area contributed by atoms with Crippen molar-refractivity contribution < 1.29 is 19.4 Å². The SMILES string of the molecule is CC(C)CNC[C@@H](O)[C@H](Cc1ccc(OCc2ccccn2)cc1)NC(=O)OC(C)(C)C. The molecule has 0 spiro atoms. The summed E-state index contributed by atoms with van der Waals surface area (Å²) in [5, 5.41) is 16.8. The third-order valence-corrected chi connectivity index (χ3v) is 4.56. The zero-order valence-electron chi connectivity index (χ0n) is 19.8. The van der Waals surface area contributed by atoms with Gasteiger partial charge in [-0.25, -0.2) is 4.79 Å². The van der Waals surface area contributed by atoms with Crippen molar-refractivity contribution >= 4 is 6.09 Å². The number of hydrogen-bond acceptors (Lipinski definition) is 6. The van der Waals surface area contributed by atoms with Gasteiger partial charge in [-0.3, -0.25) is 4.98 Å². The van der Waals surface area contributed by atoms with E-state index in [0.29, 0.717) is 25.5 Å². The van der Waals surface area contributed by atoms with Crippen molar-refractivity contribution in [2.45, 2.75) is 65.4 Å². The standard InChI is InChI=1S/C25H37N3O4/c1-18(2)15-26-16-23(29)22(28-24(30)32-25(3,4)5)14-19-9-11-21(12-10-19)31-17-20-8-6-7-13-27-20/h6-13,18,22-23,26,29H,14-17H2,1-5H3,(H,28,30)/t22-,23+/m0/s1. The van der Waals surface area contributed by atoms with Crippen LogP contribution in [0, 0.1) is 5.92 Å². The lowest BCUT2D eigenvalue weighted by Gasteiger charge is -2.27. The number of aromatic nitrogens is 1. The van der Waals surface area contributed by atoms with E-state index in [1.807, 2.05) is 63.2 Å². The number of alkyl carbamates (subject to hydrolysis) is 1. The van der Waals surface area contributed by atoms with Crippen LogP contribution in [0.25, 0.3) is 0 Å². The van der Waals surface area contributed by atoms with Gasteiger partial charge in [-0.2, -0.15) is 0 Å². The predicted octanol–water partition coefficient (Wildman–Crippen LogP) is 3.70. The van der Waals surface area contributed by atoms with Gasteiger partial charge in [0.1, 0.15) is 18.0 Å². The average Bonchev–Trinajstić information content (AvgIpc) is 2.72. The normalized spacial score (nSPS) is 13.5. The van der Waals surface area contributed by atoms with Crippen molar-refractivity contribution in [1.29, 1.82) is 0 Å². The van der Waals surface area contributed by atoms with Gasteiger partial charge in [-0.05, 0) is 69.5 Å². The van der Waals surface area contributed by atoms with Crippen LogP contribution in [0.3, 0.4) is 0 Å². The molecule has 32 heavy (non-hydrogen) atoms. The number of benzene rings is 1. The molecule has 1 aromatic heterocycles. The molecule has 1 amide bonds. The number of pyridine rings is 1. The number of carbonyl (C=O) groups is 1. The zero-order valence-corrected chi connectivity index (χ0v) is 19.8. The van der Waals surface area contributed by atoms with Crippen LogP contribution in [0.2, 0.25) is 0 Å². The van der Waals surface area contributed by atoms with E-state index in [4.69, 9.17) is 9.47 Å². The Bertz CT molecular complexity index is 804. The topological polar surface area (TPSA) is 92.7 Å². The number of ether oxygens (including phenoxy) is 2. The first kappa shape index (κ1) is 25.6. The Hall–Kier alpha value is -2.64. The molecule has 1 aromatic carbocycles. The van der Waals surface area contributed by atoms with E-state index in [9.17, 15) is 9.90 Å². The van der Waals surface area contributed by atoms with Crippen LogP contribution in [0.4, 0.5) is 4.79 Å². The Labute approximate surface area is 191 Å². The van der Waals surface area contributed by atoms with Gasteiger partial charge in [0.05, 0.1) is 17.8 Å². The molecule has 0 unspecified atom stereocenters. The summed E-state index contributed by atoms with van der Waals surface area (Å²) >= 11 is 0. The van der Waals surface area contributed by atoms with Crippen LogP contribution < -0.4 is 15.4 Å². The maximum Gasteiger partial charge on any atom is 0.407 e. The Kier molecular flexibility index (Phi) is 9.94. The molecule has 2 aromatic rings. The lowest BCUT2D eigenvalue weighted by atomic mass is 10.0. The third-order valence-electron chi connectivity index (χ3n) is 4.56. The first-order chi connectivity index (χ1) is 15.1. The number of carbonyl (C=O) groups excluding carboxylic acids is 1. The molecule has 2 atom stereocenters. The molecule has 3 N–H and O–H groups in total. The van der Waals surface area contributed by atoms with E-state index in [0.717, 1.165) is 23.6 Å². The number of aliphatic hydroxyl groups excluding tert-OH is 1. The van der Waals surface area contributed by atoms with Crippen LogP contribution in [-0.2, 0) is 17.8 Å². The Balaban J connectivity index is 1.98. The number of nitrogens with one attached hydrogen (secondary N) is 2. The van der Waals surface area contributed by atoms with Gasteiger partial charge in [0, 0.05) is 12.7 Å². The number of amides is 1. The molecular weight excluding hydrogens is 406 g/mol. The highest BCUT2D eigenvalue weighted by Crippen LogP contribution is 2.16. The van der Waals surface area contributed by atoms with Crippen LogP contribution in [0.5, 0.6) is 5.75 Å². The minimum atomic E-state index is -0.763. The summed E-state index contributed by atoms with van der Waals surface area (Å²) in [4.78, 5) is 16.6. The fourth-order valence-corrected chi connectivity index (χ4v) is 3.02. The van der Waals surface area contributed by atoms with Crippen molar-refractivity contribution in [2.75, 3.05) is 13.1 Å². The maximum atomic E-state index is 12.3. The average molecular weight is 444 g/mol. The summed E-state index contributed by atoms with van der Waals surface area (Å²) in [6, 6.07) is 12.8. The fourth-order valence-electron chi connectivity index (χ4n) is 3.02. The fraction of sp³-hybridized carbons (Fsp3) is 0.520. The molecule has 0 bridgehead atoms. The molecule has 176 valence electrons. The quantitative estimate of drug-likeness (QED) is 0.490. The lowest BCUT2D eigenvalue weighted by molar-refractivity contribution is 0.0422. The van der Waals surface area contributed by atoms with E-state index in [2.05, 4.69) is 29.5 Å². The third kappa shape index (κ3) is 10.1. The van der Waals surface area contributed by atoms with Gasteiger partial charge in [0.25, 0.3) is 0 Å². The van der Waals surface area contributed by atoms with E-state index >= 15 is 0 Å². The minimum absolute atomic E-state index is 0.379. The molecule has 1 heterocycles.